The van der Waals surface area contributed by atoms with E-state index in [4.69, 9.17) is 20.2 Å². The maximum absolute atomic E-state index is 14.9. The van der Waals surface area contributed by atoms with Crippen molar-refractivity contribution in [1.82, 2.24) is 24.9 Å². The predicted octanol–water partition coefficient (Wildman–Crippen LogP) is 4.81. The summed E-state index contributed by atoms with van der Waals surface area (Å²) >= 11 is 0. The summed E-state index contributed by atoms with van der Waals surface area (Å²) in [5.74, 6) is 1.09. The number of nitrogens with zero attached hydrogens (tertiary/aromatic N) is 5. The van der Waals surface area contributed by atoms with Crippen LogP contribution in [-0.4, -0.2) is 55.7 Å². The SMILES string of the molecule is Cc1ncc(Oc2nc(N3CC[C@]4(CC[C@@H]4N)C3)c3c(n2)[nH]c2c(NC(=O)OC(C)(C)C)cc(F)cc23)cn1. The molecule has 0 unspecified atom stereocenters. The van der Waals surface area contributed by atoms with Gasteiger partial charge in [0.1, 0.15) is 28.7 Å². The summed E-state index contributed by atoms with van der Waals surface area (Å²) in [5, 5.41) is 3.84. The number of carbonyl (C=O) groups is 1. The number of H-pyrrole nitrogens is 1. The van der Waals surface area contributed by atoms with E-state index in [1.165, 1.54) is 12.1 Å². The summed E-state index contributed by atoms with van der Waals surface area (Å²) in [7, 11) is 0. The van der Waals surface area contributed by atoms with Crippen LogP contribution in [0.5, 0.6) is 11.8 Å². The molecule has 1 saturated heterocycles. The topological polar surface area (TPSA) is 144 Å². The highest BCUT2D eigenvalue weighted by molar-refractivity contribution is 6.15. The highest BCUT2D eigenvalue weighted by Crippen LogP contribution is 2.49. The average molecular weight is 535 g/mol. The summed E-state index contributed by atoms with van der Waals surface area (Å²) < 4.78 is 26.3. The van der Waals surface area contributed by atoms with E-state index in [0.717, 1.165) is 32.4 Å². The number of fused-ring (bicyclic) bond motifs is 3. The Bertz CT molecular complexity index is 1580. The summed E-state index contributed by atoms with van der Waals surface area (Å²) in [6.07, 6.45) is 5.43. The monoisotopic (exact) mass is 534 g/mol. The van der Waals surface area contributed by atoms with Crippen molar-refractivity contribution in [3.63, 3.8) is 0 Å². The van der Waals surface area contributed by atoms with Crippen LogP contribution in [0, 0.1) is 18.2 Å². The first-order valence-corrected chi connectivity index (χ1v) is 13.0. The Labute approximate surface area is 224 Å². The molecule has 4 N–H and O–H groups in total. The molecule has 4 heterocycles. The number of ether oxygens (including phenoxy) is 2. The predicted molar refractivity (Wildman–Crippen MR) is 145 cm³/mol. The fourth-order valence-electron chi connectivity index (χ4n) is 5.45. The lowest BCUT2D eigenvalue weighted by molar-refractivity contribution is 0.0636. The number of nitrogens with two attached hydrogens (primary N) is 1. The highest BCUT2D eigenvalue weighted by atomic mass is 19.1. The molecule has 1 aromatic carbocycles. The number of halogens is 1. The van der Waals surface area contributed by atoms with Gasteiger partial charge in [-0.1, -0.05) is 0 Å². The Hall–Kier alpha value is -4.06. The fraction of sp³-hybridized carbons (Fsp3) is 0.444. The molecule has 2 atom stereocenters. The zero-order valence-electron chi connectivity index (χ0n) is 22.3. The number of aromatic nitrogens is 5. The zero-order valence-corrected chi connectivity index (χ0v) is 22.3. The van der Waals surface area contributed by atoms with Gasteiger partial charge in [-0.05, 0) is 59.1 Å². The van der Waals surface area contributed by atoms with Crippen LogP contribution < -0.4 is 20.7 Å². The second kappa shape index (κ2) is 9.01. The van der Waals surface area contributed by atoms with Gasteiger partial charge in [-0.2, -0.15) is 9.97 Å². The van der Waals surface area contributed by atoms with E-state index in [2.05, 4.69) is 30.2 Å². The molecular weight excluding hydrogens is 503 g/mol. The lowest BCUT2D eigenvalue weighted by atomic mass is 9.64. The summed E-state index contributed by atoms with van der Waals surface area (Å²) in [5.41, 5.74) is 6.91. The Balaban J connectivity index is 1.47. The highest BCUT2D eigenvalue weighted by Gasteiger charge is 2.49. The molecule has 204 valence electrons. The van der Waals surface area contributed by atoms with Crippen molar-refractivity contribution in [2.45, 2.75) is 58.6 Å². The molecule has 12 heteroatoms. The molecule has 39 heavy (non-hydrogen) atoms. The molecule has 1 aliphatic carbocycles. The number of aryl methyl sites for hydroxylation is 1. The number of carbonyl (C=O) groups excluding carboxylic acids is 1. The van der Waals surface area contributed by atoms with E-state index in [0.29, 0.717) is 39.3 Å². The molecule has 1 saturated carbocycles. The van der Waals surface area contributed by atoms with Crippen molar-refractivity contribution in [1.29, 1.82) is 0 Å². The Morgan fingerprint density at radius 2 is 2.00 bits per heavy atom. The van der Waals surface area contributed by atoms with Crippen molar-refractivity contribution < 1.29 is 18.7 Å². The average Bonchev–Trinajstić information content (AvgIpc) is 3.47. The first-order chi connectivity index (χ1) is 18.5. The second-order valence-corrected chi connectivity index (χ2v) is 11.4. The van der Waals surface area contributed by atoms with Gasteiger partial charge in [-0.15, -0.1) is 0 Å². The maximum atomic E-state index is 14.9. The number of nitrogens with one attached hydrogen (secondary N) is 2. The van der Waals surface area contributed by atoms with Crippen LogP contribution in [-0.2, 0) is 4.74 Å². The number of amides is 1. The first-order valence-electron chi connectivity index (χ1n) is 13.0. The van der Waals surface area contributed by atoms with E-state index < -0.39 is 17.5 Å². The van der Waals surface area contributed by atoms with Crippen LogP contribution in [0.1, 0.15) is 45.9 Å². The molecular formula is C27H31FN8O3. The van der Waals surface area contributed by atoms with Gasteiger partial charge in [-0.25, -0.2) is 19.2 Å². The third kappa shape index (κ3) is 4.69. The van der Waals surface area contributed by atoms with Crippen molar-refractivity contribution in [3.05, 3.63) is 36.2 Å². The number of hydrogen-bond acceptors (Lipinski definition) is 9. The van der Waals surface area contributed by atoms with Crippen LogP contribution in [0.15, 0.2) is 24.5 Å². The van der Waals surface area contributed by atoms with Crippen molar-refractivity contribution in [2.75, 3.05) is 23.3 Å². The number of hydrogen-bond donors (Lipinski definition) is 3. The van der Waals surface area contributed by atoms with Gasteiger partial charge >= 0.3 is 12.1 Å². The Kier molecular flexibility index (Phi) is 5.83. The largest absolute Gasteiger partial charge is 0.444 e. The van der Waals surface area contributed by atoms with Gasteiger partial charge in [0.25, 0.3) is 0 Å². The van der Waals surface area contributed by atoms with Crippen molar-refractivity contribution in [3.8, 4) is 11.8 Å². The minimum Gasteiger partial charge on any atom is -0.444 e. The summed E-state index contributed by atoms with van der Waals surface area (Å²) in [4.78, 5) is 35.7. The minimum absolute atomic E-state index is 0.0455. The first kappa shape index (κ1) is 25.2. The summed E-state index contributed by atoms with van der Waals surface area (Å²) in [6, 6.07) is 2.90. The molecule has 3 aromatic heterocycles. The van der Waals surface area contributed by atoms with E-state index in [9.17, 15) is 9.18 Å². The van der Waals surface area contributed by atoms with E-state index in [1.54, 1.807) is 40.1 Å². The molecule has 11 nitrogen and oxygen atoms in total. The van der Waals surface area contributed by atoms with Crippen LogP contribution in [0.25, 0.3) is 21.9 Å². The Morgan fingerprint density at radius 3 is 2.64 bits per heavy atom. The van der Waals surface area contributed by atoms with Gasteiger partial charge in [0, 0.05) is 29.9 Å². The van der Waals surface area contributed by atoms with Crippen LogP contribution in [0.2, 0.25) is 0 Å². The summed E-state index contributed by atoms with van der Waals surface area (Å²) in [6.45, 7) is 8.55. The zero-order chi connectivity index (χ0) is 27.5. The molecule has 0 bridgehead atoms. The quantitative estimate of drug-likeness (QED) is 0.336. The number of anilines is 2. The van der Waals surface area contributed by atoms with Crippen LogP contribution in [0.3, 0.4) is 0 Å². The molecule has 1 aliphatic heterocycles. The Morgan fingerprint density at radius 1 is 1.23 bits per heavy atom. The molecule has 4 aromatic rings. The molecule has 1 amide bonds. The second-order valence-electron chi connectivity index (χ2n) is 11.4. The smallest absolute Gasteiger partial charge is 0.412 e. The van der Waals surface area contributed by atoms with Gasteiger partial charge < -0.3 is 25.1 Å². The number of benzene rings is 1. The van der Waals surface area contributed by atoms with Crippen LogP contribution in [0.4, 0.5) is 20.7 Å². The lowest BCUT2D eigenvalue weighted by Gasteiger charge is -2.44. The fourth-order valence-corrected chi connectivity index (χ4v) is 5.45. The van der Waals surface area contributed by atoms with Crippen molar-refractivity contribution >= 4 is 39.5 Å². The lowest BCUT2D eigenvalue weighted by Crippen LogP contribution is -2.52. The molecule has 2 fully saturated rings. The van der Waals surface area contributed by atoms with Crippen molar-refractivity contribution in [2.24, 2.45) is 11.1 Å². The standard InChI is InChI=1S/C27H31FN8O3/c1-14-30-11-16(12-31-14)38-24-34-22-20(23(35-24)36-8-7-27(13-36)6-5-19(27)29)17-9-15(28)10-18(21(17)33-22)32-25(37)39-26(2,3)4/h9-12,19H,5-8,13,29H2,1-4H3,(H,32,37)(H,33,34,35)/t19-,27+/m0/s1. The molecule has 2 aliphatic rings. The normalized spacial score (nSPS) is 21.0. The third-order valence-corrected chi connectivity index (χ3v) is 7.51. The number of rotatable bonds is 4. The van der Waals surface area contributed by atoms with Gasteiger partial charge in [0.15, 0.2) is 5.75 Å². The molecule has 6 rings (SSSR count). The third-order valence-electron chi connectivity index (χ3n) is 7.51. The van der Waals surface area contributed by atoms with E-state index in [-0.39, 0.29) is 23.2 Å². The van der Waals surface area contributed by atoms with Crippen LogP contribution >= 0.6 is 0 Å². The van der Waals surface area contributed by atoms with Gasteiger partial charge in [0.2, 0.25) is 0 Å². The molecule has 1 spiro atoms. The van der Waals surface area contributed by atoms with Gasteiger partial charge in [-0.3, -0.25) is 5.32 Å². The van der Waals surface area contributed by atoms with Gasteiger partial charge in [0.05, 0.1) is 29.0 Å². The van der Waals surface area contributed by atoms with E-state index in [1.807, 2.05) is 0 Å². The molecule has 0 radical (unpaired) electrons. The maximum Gasteiger partial charge on any atom is 0.412 e. The van der Waals surface area contributed by atoms with E-state index >= 15 is 0 Å². The number of aromatic amines is 1. The minimum atomic E-state index is -0.713.